The molecule has 0 bridgehead atoms. The van der Waals surface area contributed by atoms with Crippen LogP contribution in [0, 0.1) is 13.8 Å². The number of benzene rings is 1. The molecule has 6 heteroatoms. The summed E-state index contributed by atoms with van der Waals surface area (Å²) in [6.45, 7) is 5.07. The molecule has 0 N–H and O–H groups in total. The van der Waals surface area contributed by atoms with E-state index in [0.29, 0.717) is 13.1 Å². The fraction of sp³-hybridized carbons (Fsp3) is 0.571. The number of rotatable bonds is 3. The second kappa shape index (κ2) is 6.03. The molecule has 0 saturated carbocycles. The van der Waals surface area contributed by atoms with E-state index >= 15 is 0 Å². The Labute approximate surface area is 129 Å². The zero-order chi connectivity index (χ0) is 14.9. The summed E-state index contributed by atoms with van der Waals surface area (Å²) in [5.41, 5.74) is 2.24. The van der Waals surface area contributed by atoms with Gasteiger partial charge < -0.3 is 4.74 Å². The van der Waals surface area contributed by atoms with Gasteiger partial charge in [0.1, 0.15) is 11.9 Å². The fourth-order valence-electron chi connectivity index (χ4n) is 2.47. The molecule has 2 rings (SSSR count). The first-order valence-corrected chi connectivity index (χ1v) is 9.30. The average molecular weight is 362 g/mol. The first kappa shape index (κ1) is 15.8. The van der Waals surface area contributed by atoms with Gasteiger partial charge in [-0.15, -0.1) is 0 Å². The van der Waals surface area contributed by atoms with Crippen LogP contribution in [0.4, 0.5) is 0 Å². The lowest BCUT2D eigenvalue weighted by Gasteiger charge is -2.31. The molecule has 1 saturated heterocycles. The van der Waals surface area contributed by atoms with Crippen molar-refractivity contribution in [2.75, 3.05) is 19.3 Å². The maximum absolute atomic E-state index is 11.6. The SMILES string of the molecule is Cc1cc(OC2CCCN(S(C)(=O)=O)C2)cc(C)c1Br. The van der Waals surface area contributed by atoms with Crippen molar-refractivity contribution in [3.05, 3.63) is 27.7 Å². The molecule has 1 aliphatic rings. The van der Waals surface area contributed by atoms with E-state index in [1.54, 1.807) is 0 Å². The molecule has 0 aliphatic carbocycles. The Morgan fingerprint density at radius 1 is 1.30 bits per heavy atom. The lowest BCUT2D eigenvalue weighted by atomic mass is 10.1. The van der Waals surface area contributed by atoms with Crippen LogP contribution in [0.25, 0.3) is 0 Å². The Bertz CT molecular complexity index is 577. The fourth-order valence-corrected chi connectivity index (χ4v) is 3.60. The van der Waals surface area contributed by atoms with Crippen LogP contribution in [-0.2, 0) is 10.0 Å². The van der Waals surface area contributed by atoms with Crippen LogP contribution in [0.1, 0.15) is 24.0 Å². The van der Waals surface area contributed by atoms with Gasteiger partial charge >= 0.3 is 0 Å². The highest BCUT2D eigenvalue weighted by atomic mass is 79.9. The van der Waals surface area contributed by atoms with Crippen molar-refractivity contribution in [2.24, 2.45) is 0 Å². The largest absolute Gasteiger partial charge is 0.489 e. The summed E-state index contributed by atoms with van der Waals surface area (Å²) in [5, 5.41) is 0. The molecule has 4 nitrogen and oxygen atoms in total. The van der Waals surface area contributed by atoms with Crippen molar-refractivity contribution in [1.82, 2.24) is 4.31 Å². The Kier molecular flexibility index (Phi) is 4.76. The van der Waals surface area contributed by atoms with E-state index in [0.717, 1.165) is 34.2 Å². The summed E-state index contributed by atoms with van der Waals surface area (Å²) < 4.78 is 31.8. The number of halogens is 1. The summed E-state index contributed by atoms with van der Waals surface area (Å²) in [6, 6.07) is 3.97. The quantitative estimate of drug-likeness (QED) is 0.831. The van der Waals surface area contributed by atoms with Gasteiger partial charge in [-0.05, 0) is 49.9 Å². The Morgan fingerprint density at radius 2 is 1.90 bits per heavy atom. The van der Waals surface area contributed by atoms with Gasteiger partial charge in [-0.3, -0.25) is 0 Å². The highest BCUT2D eigenvalue weighted by Crippen LogP contribution is 2.28. The predicted molar refractivity (Wildman–Crippen MR) is 83.7 cm³/mol. The van der Waals surface area contributed by atoms with E-state index < -0.39 is 10.0 Å². The maximum atomic E-state index is 11.6. The van der Waals surface area contributed by atoms with Crippen LogP contribution in [-0.4, -0.2) is 38.2 Å². The van der Waals surface area contributed by atoms with E-state index in [-0.39, 0.29) is 6.10 Å². The third-order valence-electron chi connectivity index (χ3n) is 3.52. The van der Waals surface area contributed by atoms with Crippen molar-refractivity contribution >= 4 is 26.0 Å². The molecule has 1 atom stereocenters. The molecule has 0 amide bonds. The molecule has 1 aromatic carbocycles. The van der Waals surface area contributed by atoms with Crippen LogP contribution < -0.4 is 4.74 Å². The molecule has 1 aromatic rings. The highest BCUT2D eigenvalue weighted by Gasteiger charge is 2.27. The van der Waals surface area contributed by atoms with Gasteiger partial charge in [0.25, 0.3) is 0 Å². The molecule has 1 heterocycles. The van der Waals surface area contributed by atoms with Gasteiger partial charge in [0, 0.05) is 11.0 Å². The molecular formula is C14H20BrNO3S. The first-order chi connectivity index (χ1) is 9.27. The van der Waals surface area contributed by atoms with Gasteiger partial charge in [0.2, 0.25) is 10.0 Å². The lowest BCUT2D eigenvalue weighted by Crippen LogP contribution is -2.43. The monoisotopic (exact) mass is 361 g/mol. The Morgan fingerprint density at radius 3 is 2.45 bits per heavy atom. The third kappa shape index (κ3) is 3.74. The summed E-state index contributed by atoms with van der Waals surface area (Å²) in [7, 11) is -3.13. The van der Waals surface area contributed by atoms with Crippen molar-refractivity contribution in [1.29, 1.82) is 0 Å². The van der Waals surface area contributed by atoms with E-state index in [1.807, 2.05) is 26.0 Å². The first-order valence-electron chi connectivity index (χ1n) is 6.66. The zero-order valence-corrected chi connectivity index (χ0v) is 14.4. The minimum absolute atomic E-state index is 0.0709. The summed E-state index contributed by atoms with van der Waals surface area (Å²) in [5.74, 6) is 0.809. The van der Waals surface area contributed by atoms with Gasteiger partial charge in [-0.25, -0.2) is 8.42 Å². The number of aryl methyl sites for hydroxylation is 2. The normalized spacial score (nSPS) is 20.9. The van der Waals surface area contributed by atoms with Gasteiger partial charge in [-0.1, -0.05) is 15.9 Å². The van der Waals surface area contributed by atoms with Crippen LogP contribution in [0.2, 0.25) is 0 Å². The minimum Gasteiger partial charge on any atom is -0.489 e. The van der Waals surface area contributed by atoms with Crippen LogP contribution in [0.3, 0.4) is 0 Å². The second-order valence-electron chi connectivity index (χ2n) is 5.37. The predicted octanol–water partition coefficient (Wildman–Crippen LogP) is 2.87. The van der Waals surface area contributed by atoms with Crippen molar-refractivity contribution < 1.29 is 13.2 Å². The Balaban J connectivity index is 2.10. The van der Waals surface area contributed by atoms with Crippen LogP contribution in [0.15, 0.2) is 16.6 Å². The topological polar surface area (TPSA) is 46.6 Å². The van der Waals surface area contributed by atoms with Gasteiger partial charge in [0.05, 0.1) is 12.8 Å². The number of hydrogen-bond acceptors (Lipinski definition) is 3. The third-order valence-corrected chi connectivity index (χ3v) is 6.04. The van der Waals surface area contributed by atoms with Gasteiger partial charge in [-0.2, -0.15) is 4.31 Å². The molecule has 1 fully saturated rings. The van der Waals surface area contributed by atoms with Crippen molar-refractivity contribution in [2.45, 2.75) is 32.8 Å². The number of hydrogen-bond donors (Lipinski definition) is 0. The molecule has 0 radical (unpaired) electrons. The summed E-state index contributed by atoms with van der Waals surface area (Å²) in [6.07, 6.45) is 2.91. The number of ether oxygens (including phenoxy) is 1. The number of piperidine rings is 1. The molecule has 1 unspecified atom stereocenters. The second-order valence-corrected chi connectivity index (χ2v) is 8.15. The molecule has 20 heavy (non-hydrogen) atoms. The van der Waals surface area contributed by atoms with E-state index in [4.69, 9.17) is 4.74 Å². The minimum atomic E-state index is -3.13. The zero-order valence-electron chi connectivity index (χ0n) is 12.0. The average Bonchev–Trinajstić information content (AvgIpc) is 2.35. The highest BCUT2D eigenvalue weighted by molar-refractivity contribution is 9.10. The molecule has 0 aromatic heterocycles. The summed E-state index contributed by atoms with van der Waals surface area (Å²) >= 11 is 3.53. The van der Waals surface area contributed by atoms with Crippen LogP contribution in [0.5, 0.6) is 5.75 Å². The molecule has 0 spiro atoms. The van der Waals surface area contributed by atoms with E-state index in [9.17, 15) is 8.42 Å². The van der Waals surface area contributed by atoms with Crippen molar-refractivity contribution in [3.63, 3.8) is 0 Å². The standard InChI is InChI=1S/C14H20BrNO3S/c1-10-7-13(8-11(2)14(10)15)19-12-5-4-6-16(9-12)20(3,17)18/h7-8,12H,4-6,9H2,1-3H3. The lowest BCUT2D eigenvalue weighted by molar-refractivity contribution is 0.130. The van der Waals surface area contributed by atoms with Crippen LogP contribution >= 0.6 is 15.9 Å². The summed E-state index contributed by atoms with van der Waals surface area (Å²) in [4.78, 5) is 0. The molecule has 112 valence electrons. The smallest absolute Gasteiger partial charge is 0.211 e. The maximum Gasteiger partial charge on any atom is 0.211 e. The number of sulfonamides is 1. The van der Waals surface area contributed by atoms with Crippen molar-refractivity contribution in [3.8, 4) is 5.75 Å². The van der Waals surface area contributed by atoms with E-state index in [2.05, 4.69) is 15.9 Å². The Hall–Kier alpha value is -0.590. The molecular weight excluding hydrogens is 342 g/mol. The van der Waals surface area contributed by atoms with E-state index in [1.165, 1.54) is 10.6 Å². The van der Waals surface area contributed by atoms with Gasteiger partial charge in [0.15, 0.2) is 0 Å². The molecule has 1 aliphatic heterocycles. The number of nitrogens with zero attached hydrogens (tertiary/aromatic N) is 1.